The average molecular weight is 523 g/mol. The summed E-state index contributed by atoms with van der Waals surface area (Å²) in [4.78, 5) is 19.7. The number of benzene rings is 1. The van der Waals surface area contributed by atoms with Crippen molar-refractivity contribution in [3.05, 3.63) is 76.8 Å². The number of halogens is 3. The van der Waals surface area contributed by atoms with Gasteiger partial charge in [0.2, 0.25) is 0 Å². The maximum absolute atomic E-state index is 14.7. The van der Waals surface area contributed by atoms with E-state index in [0.29, 0.717) is 24.9 Å². The van der Waals surface area contributed by atoms with Gasteiger partial charge < -0.3 is 9.47 Å². The second-order valence-corrected chi connectivity index (χ2v) is 11.1. The van der Waals surface area contributed by atoms with Gasteiger partial charge in [0, 0.05) is 54.6 Å². The van der Waals surface area contributed by atoms with E-state index in [2.05, 4.69) is 44.2 Å². The first kappa shape index (κ1) is 27.4. The van der Waals surface area contributed by atoms with Gasteiger partial charge in [-0.2, -0.15) is 18.4 Å². The van der Waals surface area contributed by atoms with Gasteiger partial charge in [-0.25, -0.2) is 4.98 Å². The monoisotopic (exact) mass is 522 g/mol. The van der Waals surface area contributed by atoms with Crippen molar-refractivity contribution in [3.63, 3.8) is 0 Å². The van der Waals surface area contributed by atoms with E-state index in [1.165, 1.54) is 18.3 Å². The number of pyridine rings is 1. The van der Waals surface area contributed by atoms with E-state index in [9.17, 15) is 18.0 Å². The highest BCUT2D eigenvalue weighted by molar-refractivity contribution is 5.99. The smallest absolute Gasteiger partial charge is 0.370 e. The lowest BCUT2D eigenvalue weighted by atomic mass is 9.77. The first-order valence-corrected chi connectivity index (χ1v) is 12.8. The Morgan fingerprint density at radius 3 is 2.63 bits per heavy atom. The molecule has 3 aromatic rings. The first-order chi connectivity index (χ1) is 17.7. The Morgan fingerprint density at radius 1 is 1.32 bits per heavy atom. The standard InChI is InChI=1S/C30H33F3N4O/c1-18(2)19(3)37-11-10-22(14-29(37,4)5)24-17-36(6)28-26(24)27(30(31,32)33)23(16-35-28)13-25(38)21-9-7-8-20(12-21)15-34/h7-9,12,16-18,22H,3,10-11,13-14H2,1-2,4-6H3/t22-/m1/s1. The van der Waals surface area contributed by atoms with Crippen molar-refractivity contribution in [2.45, 2.75) is 64.6 Å². The van der Waals surface area contributed by atoms with Crippen LogP contribution in [-0.4, -0.2) is 32.3 Å². The molecule has 200 valence electrons. The lowest BCUT2D eigenvalue weighted by Crippen LogP contribution is -2.49. The third-order valence-electron chi connectivity index (χ3n) is 7.67. The molecule has 5 nitrogen and oxygen atoms in total. The summed E-state index contributed by atoms with van der Waals surface area (Å²) in [5.41, 5.74) is 1.14. The molecule has 0 aliphatic carbocycles. The number of nitriles is 1. The third-order valence-corrected chi connectivity index (χ3v) is 7.67. The minimum absolute atomic E-state index is 0.0769. The molecule has 0 N–H and O–H groups in total. The molecule has 1 aromatic carbocycles. The molecule has 38 heavy (non-hydrogen) atoms. The number of nitrogens with zero attached hydrogens (tertiary/aromatic N) is 4. The van der Waals surface area contributed by atoms with Crippen LogP contribution < -0.4 is 0 Å². The van der Waals surface area contributed by atoms with Gasteiger partial charge in [-0.3, -0.25) is 4.79 Å². The normalized spacial score (nSPS) is 17.6. The summed E-state index contributed by atoms with van der Waals surface area (Å²) in [6.45, 7) is 13.4. The molecule has 1 saturated heterocycles. The van der Waals surface area contributed by atoms with E-state index in [-0.39, 0.29) is 45.1 Å². The van der Waals surface area contributed by atoms with E-state index < -0.39 is 23.9 Å². The number of allylic oxidation sites excluding steroid dienone is 1. The molecule has 0 bridgehead atoms. The average Bonchev–Trinajstić information content (AvgIpc) is 3.18. The van der Waals surface area contributed by atoms with Crippen molar-refractivity contribution < 1.29 is 18.0 Å². The Bertz CT molecular complexity index is 1440. The van der Waals surface area contributed by atoms with Crippen molar-refractivity contribution in [1.82, 2.24) is 14.5 Å². The molecule has 1 fully saturated rings. The minimum Gasteiger partial charge on any atom is -0.370 e. The predicted octanol–water partition coefficient (Wildman–Crippen LogP) is 7.02. The van der Waals surface area contributed by atoms with Gasteiger partial charge in [0.1, 0.15) is 5.65 Å². The molecule has 4 rings (SSSR count). The molecular formula is C30H33F3N4O. The van der Waals surface area contributed by atoms with Gasteiger partial charge in [-0.15, -0.1) is 0 Å². The molecule has 3 heterocycles. The number of carbonyl (C=O) groups is 1. The number of hydrogen-bond acceptors (Lipinski definition) is 4. The second-order valence-electron chi connectivity index (χ2n) is 11.1. The van der Waals surface area contributed by atoms with Gasteiger partial charge in [-0.1, -0.05) is 32.6 Å². The number of piperidine rings is 1. The largest absolute Gasteiger partial charge is 0.417 e. The quantitative estimate of drug-likeness (QED) is 0.327. The lowest BCUT2D eigenvalue weighted by Gasteiger charge is -2.49. The molecule has 1 aliphatic rings. The van der Waals surface area contributed by atoms with Crippen LogP contribution in [0.4, 0.5) is 13.2 Å². The molecule has 1 atom stereocenters. The van der Waals surface area contributed by atoms with Crippen LogP contribution in [0, 0.1) is 17.2 Å². The number of rotatable bonds is 6. The fourth-order valence-electron chi connectivity index (χ4n) is 5.73. The molecule has 2 aromatic heterocycles. The molecule has 1 aliphatic heterocycles. The summed E-state index contributed by atoms with van der Waals surface area (Å²) in [6.07, 6.45) is -0.847. The Balaban J connectivity index is 1.79. The van der Waals surface area contributed by atoms with Crippen molar-refractivity contribution in [2.75, 3.05) is 6.54 Å². The van der Waals surface area contributed by atoms with E-state index in [1.807, 2.05) is 6.07 Å². The number of hydrogen-bond donors (Lipinski definition) is 0. The number of aromatic nitrogens is 2. The van der Waals surface area contributed by atoms with Gasteiger partial charge in [0.05, 0.1) is 17.2 Å². The van der Waals surface area contributed by atoms with Crippen molar-refractivity contribution >= 4 is 16.8 Å². The SMILES string of the molecule is C=C(C(C)C)N1CC[C@@H](c2cn(C)c3ncc(CC(=O)c4cccc(C#N)c4)c(C(F)(F)F)c23)CC1(C)C. The lowest BCUT2D eigenvalue weighted by molar-refractivity contribution is -0.136. The summed E-state index contributed by atoms with van der Waals surface area (Å²) in [6, 6.07) is 7.97. The maximum atomic E-state index is 14.7. The highest BCUT2D eigenvalue weighted by atomic mass is 19.4. The van der Waals surface area contributed by atoms with Crippen LogP contribution in [0.1, 0.15) is 79.1 Å². The van der Waals surface area contributed by atoms with Gasteiger partial charge in [0.15, 0.2) is 5.78 Å². The number of Topliss-reactive ketones (excluding diaryl/α,β-unsaturated/α-hetero) is 1. The van der Waals surface area contributed by atoms with Crippen LogP contribution in [-0.2, 0) is 19.6 Å². The Labute approximate surface area is 221 Å². The molecule has 0 radical (unpaired) electrons. The van der Waals surface area contributed by atoms with Gasteiger partial charge in [0.25, 0.3) is 0 Å². The highest BCUT2D eigenvalue weighted by Gasteiger charge is 2.41. The van der Waals surface area contributed by atoms with Gasteiger partial charge >= 0.3 is 6.18 Å². The van der Waals surface area contributed by atoms with Crippen LogP contribution in [0.3, 0.4) is 0 Å². The van der Waals surface area contributed by atoms with Crippen molar-refractivity contribution in [1.29, 1.82) is 5.26 Å². The Morgan fingerprint density at radius 2 is 2.03 bits per heavy atom. The summed E-state index contributed by atoms with van der Waals surface area (Å²) in [5.74, 6) is -0.322. The maximum Gasteiger partial charge on any atom is 0.417 e. The fourth-order valence-corrected chi connectivity index (χ4v) is 5.73. The second kappa shape index (κ2) is 9.94. The first-order valence-electron chi connectivity index (χ1n) is 12.8. The Kier molecular flexibility index (Phi) is 7.17. The number of aryl methyl sites for hydroxylation is 1. The Hall–Kier alpha value is -3.60. The van der Waals surface area contributed by atoms with Crippen molar-refractivity contribution in [3.8, 4) is 6.07 Å². The van der Waals surface area contributed by atoms with E-state index in [1.54, 1.807) is 29.9 Å². The summed E-state index contributed by atoms with van der Waals surface area (Å²) >= 11 is 0. The zero-order valence-corrected chi connectivity index (χ0v) is 22.5. The van der Waals surface area contributed by atoms with Gasteiger partial charge in [-0.05, 0) is 61.8 Å². The summed E-state index contributed by atoms with van der Waals surface area (Å²) < 4.78 is 45.8. The van der Waals surface area contributed by atoms with Crippen LogP contribution in [0.25, 0.3) is 11.0 Å². The fraction of sp³-hybridized carbons (Fsp3) is 0.433. The molecular weight excluding hydrogens is 489 g/mol. The molecule has 0 amide bonds. The molecule has 0 spiro atoms. The third kappa shape index (κ3) is 5.07. The topological polar surface area (TPSA) is 61.9 Å². The van der Waals surface area contributed by atoms with E-state index in [0.717, 1.165) is 5.70 Å². The van der Waals surface area contributed by atoms with E-state index in [4.69, 9.17) is 5.26 Å². The number of alkyl halides is 3. The zero-order valence-electron chi connectivity index (χ0n) is 22.5. The van der Waals surface area contributed by atoms with Crippen molar-refractivity contribution in [2.24, 2.45) is 13.0 Å². The van der Waals surface area contributed by atoms with E-state index >= 15 is 0 Å². The van der Waals surface area contributed by atoms with Crippen LogP contribution in [0.15, 0.2) is 48.9 Å². The van der Waals surface area contributed by atoms with Crippen LogP contribution in [0.2, 0.25) is 0 Å². The number of likely N-dealkylation sites (tertiary alicyclic amines) is 1. The summed E-state index contributed by atoms with van der Waals surface area (Å²) in [7, 11) is 1.71. The zero-order chi connectivity index (χ0) is 28.0. The number of fused-ring (bicyclic) bond motifs is 1. The van der Waals surface area contributed by atoms with Crippen LogP contribution >= 0.6 is 0 Å². The molecule has 0 unspecified atom stereocenters. The minimum atomic E-state index is -4.68. The predicted molar refractivity (Wildman–Crippen MR) is 142 cm³/mol. The summed E-state index contributed by atoms with van der Waals surface area (Å²) in [5, 5.41) is 9.22. The number of ketones is 1. The van der Waals surface area contributed by atoms with Crippen LogP contribution in [0.5, 0.6) is 0 Å². The highest BCUT2D eigenvalue weighted by Crippen LogP contribution is 2.46. The molecule has 8 heteroatoms. The number of carbonyl (C=O) groups excluding carboxylic acids is 1. The molecule has 0 saturated carbocycles.